The highest BCUT2D eigenvalue weighted by Crippen LogP contribution is 2.26. The van der Waals surface area contributed by atoms with Gasteiger partial charge in [0.1, 0.15) is 0 Å². The molecule has 0 aromatic carbocycles. The Hall–Kier alpha value is -0.780. The summed E-state index contributed by atoms with van der Waals surface area (Å²) >= 11 is 0. The predicted octanol–water partition coefficient (Wildman–Crippen LogP) is 13.2. The van der Waals surface area contributed by atoms with Crippen molar-refractivity contribution >= 4 is 0 Å². The van der Waals surface area contributed by atoms with Crippen molar-refractivity contribution in [3.8, 4) is 0 Å². The molecule has 2 aliphatic carbocycles. The fourth-order valence-electron chi connectivity index (χ4n) is 3.53. The van der Waals surface area contributed by atoms with Crippen molar-refractivity contribution in [3.63, 3.8) is 0 Å². The minimum Gasteiger partial charge on any atom is -0.103 e. The van der Waals surface area contributed by atoms with E-state index in [0.29, 0.717) is 5.41 Å². The van der Waals surface area contributed by atoms with Crippen molar-refractivity contribution in [3.05, 3.63) is 36.5 Å². The van der Waals surface area contributed by atoms with Crippen LogP contribution in [-0.2, 0) is 0 Å². The second-order valence-electron chi connectivity index (χ2n) is 9.75. The highest BCUT2D eigenvalue weighted by Gasteiger charge is 2.11. The molecule has 2 unspecified atom stereocenters. The van der Waals surface area contributed by atoms with Crippen molar-refractivity contribution < 1.29 is 0 Å². The summed E-state index contributed by atoms with van der Waals surface area (Å²) in [5, 5.41) is 0. The average Bonchev–Trinajstić information content (AvgIpc) is 3.19. The maximum atomic E-state index is 3.69. The maximum Gasteiger partial charge on any atom is -0.0231 e. The van der Waals surface area contributed by atoms with E-state index >= 15 is 0 Å². The van der Waals surface area contributed by atoms with E-state index in [4.69, 9.17) is 0 Å². The largest absolute Gasteiger partial charge is 0.103 e. The molecule has 0 aromatic rings. The fourth-order valence-corrected chi connectivity index (χ4v) is 3.53. The van der Waals surface area contributed by atoms with Crippen LogP contribution in [-0.4, -0.2) is 0 Å². The Balaban J connectivity index is -0.0000000743. The van der Waals surface area contributed by atoms with Gasteiger partial charge in [0.2, 0.25) is 0 Å². The lowest BCUT2D eigenvalue weighted by Gasteiger charge is -2.19. The zero-order valence-electron chi connectivity index (χ0n) is 21.7. The Morgan fingerprint density at radius 2 is 1.48 bits per heavy atom. The average molecular weight is 469 g/mol. The van der Waals surface area contributed by atoms with Crippen molar-refractivity contribution in [2.45, 2.75) is 162 Å². The summed E-state index contributed by atoms with van der Waals surface area (Å²) in [5.74, 6) is 1.94. The van der Waals surface area contributed by atoms with E-state index in [1.54, 1.807) is 5.57 Å². The Bertz CT molecular complexity index is 410. The van der Waals surface area contributed by atoms with Crippen LogP contribution in [0, 0.1) is 17.3 Å². The van der Waals surface area contributed by atoms with E-state index in [1.165, 1.54) is 70.6 Å². The van der Waals surface area contributed by atoms with Crippen LogP contribution in [0.15, 0.2) is 36.5 Å². The van der Waals surface area contributed by atoms with E-state index in [0.717, 1.165) is 18.3 Å². The van der Waals surface area contributed by atoms with Crippen molar-refractivity contribution in [2.24, 2.45) is 17.3 Å². The second kappa shape index (κ2) is 31.2. The van der Waals surface area contributed by atoms with Gasteiger partial charge in [0.25, 0.3) is 0 Å². The van der Waals surface area contributed by atoms with Crippen molar-refractivity contribution in [1.82, 2.24) is 0 Å². The number of hydrogen-bond donors (Lipinski definition) is 0. The molecule has 0 aromatic heterocycles. The van der Waals surface area contributed by atoms with E-state index in [9.17, 15) is 0 Å². The molecule has 0 heteroatoms. The molecular formula is C33H72. The molecule has 0 heterocycles. The molecule has 33 heavy (non-hydrogen) atoms. The first-order chi connectivity index (χ1) is 13.8. The van der Waals surface area contributed by atoms with Crippen molar-refractivity contribution in [1.29, 1.82) is 0 Å². The number of allylic oxidation sites excluding steroid dienone is 5. The molecule has 0 spiro atoms. The predicted molar refractivity (Wildman–Crippen MR) is 165 cm³/mol. The Morgan fingerprint density at radius 3 is 1.79 bits per heavy atom. The van der Waals surface area contributed by atoms with Crippen molar-refractivity contribution in [2.75, 3.05) is 0 Å². The Kier molecular flexibility index (Phi) is 43.2. The Morgan fingerprint density at radius 1 is 0.939 bits per heavy atom. The zero-order valence-corrected chi connectivity index (χ0v) is 21.7. The summed E-state index contributed by atoms with van der Waals surface area (Å²) in [6.45, 7) is 21.5. The standard InChI is InChI=1S/C10H18.C8H14.C8H16.C3H8.4CH4/c1-3-4-10-7-5-9(2)6-8-10;1-2-5-8-6-3-4-7-8;1-5-7-8(3,4)6-2;1-3-2;;;;/h5,10H,3-4,6-8H2,1-2H3;3,6,8H,2,4-5,7H2,1H3;5H,1,6-7H2,2-4H3;3H2,1-2H3;4*1H4. The fraction of sp³-hybridized carbons (Fsp3) is 0.818. The first-order valence-corrected chi connectivity index (χ1v) is 12.7. The van der Waals surface area contributed by atoms with Gasteiger partial charge in [0.15, 0.2) is 0 Å². The summed E-state index contributed by atoms with van der Waals surface area (Å²) in [6.07, 6.45) is 25.1. The third-order valence-electron chi connectivity index (χ3n) is 5.87. The van der Waals surface area contributed by atoms with Crippen LogP contribution in [0.25, 0.3) is 0 Å². The SMILES string of the molecule is C.C.C.C.C=CCC(C)(C)CC.CCC.CCCC1C=CCC1.CCCC1CC=C(C)CC1. The normalized spacial score (nSPS) is 17.8. The van der Waals surface area contributed by atoms with Gasteiger partial charge >= 0.3 is 0 Å². The van der Waals surface area contributed by atoms with Gasteiger partial charge in [-0.3, -0.25) is 0 Å². The smallest absolute Gasteiger partial charge is 0.0231 e. The third-order valence-corrected chi connectivity index (χ3v) is 5.87. The van der Waals surface area contributed by atoms with Gasteiger partial charge in [-0.25, -0.2) is 0 Å². The van der Waals surface area contributed by atoms with Gasteiger partial charge in [-0.1, -0.05) is 140 Å². The highest BCUT2D eigenvalue weighted by atomic mass is 14.2. The lowest BCUT2D eigenvalue weighted by Crippen LogP contribution is -2.06. The van der Waals surface area contributed by atoms with Crippen LogP contribution in [0.2, 0.25) is 0 Å². The van der Waals surface area contributed by atoms with Gasteiger partial charge in [-0.15, -0.1) is 6.58 Å². The molecular weight excluding hydrogens is 396 g/mol. The summed E-state index contributed by atoms with van der Waals surface area (Å²) < 4.78 is 0. The van der Waals surface area contributed by atoms with E-state index < -0.39 is 0 Å². The summed E-state index contributed by atoms with van der Waals surface area (Å²) in [4.78, 5) is 0. The van der Waals surface area contributed by atoms with Crippen LogP contribution in [0.5, 0.6) is 0 Å². The van der Waals surface area contributed by atoms with Crippen LogP contribution in [0.3, 0.4) is 0 Å². The second-order valence-corrected chi connectivity index (χ2v) is 9.75. The molecule has 0 aliphatic heterocycles. The number of rotatable bonds is 7. The highest BCUT2D eigenvalue weighted by molar-refractivity contribution is 5.02. The minimum absolute atomic E-state index is 0. The molecule has 204 valence electrons. The zero-order chi connectivity index (χ0) is 22.5. The molecule has 0 N–H and O–H groups in total. The summed E-state index contributed by atoms with van der Waals surface area (Å²) in [7, 11) is 0. The molecule has 2 aliphatic rings. The lowest BCUT2D eigenvalue weighted by atomic mass is 9.87. The maximum absolute atomic E-state index is 3.69. The quantitative estimate of drug-likeness (QED) is 0.326. The molecule has 0 radical (unpaired) electrons. The summed E-state index contributed by atoms with van der Waals surface area (Å²) in [6, 6.07) is 0. The van der Waals surface area contributed by atoms with Gasteiger partial charge in [-0.2, -0.15) is 0 Å². The molecule has 0 bridgehead atoms. The Labute approximate surface area is 215 Å². The van der Waals surface area contributed by atoms with Crippen LogP contribution in [0.1, 0.15) is 162 Å². The van der Waals surface area contributed by atoms with Crippen LogP contribution < -0.4 is 0 Å². The lowest BCUT2D eigenvalue weighted by molar-refractivity contribution is 0.357. The molecule has 2 atom stereocenters. The van der Waals surface area contributed by atoms with E-state index in [-0.39, 0.29) is 29.7 Å². The first kappa shape index (κ1) is 45.7. The van der Waals surface area contributed by atoms with Gasteiger partial charge in [0, 0.05) is 0 Å². The summed E-state index contributed by atoms with van der Waals surface area (Å²) in [5.41, 5.74) is 2.08. The molecule has 0 saturated heterocycles. The molecule has 0 amide bonds. The first-order valence-electron chi connectivity index (χ1n) is 12.7. The topological polar surface area (TPSA) is 0 Å². The molecule has 0 nitrogen and oxygen atoms in total. The van der Waals surface area contributed by atoms with Gasteiger partial charge in [-0.05, 0) is 69.1 Å². The third kappa shape index (κ3) is 31.2. The monoisotopic (exact) mass is 469 g/mol. The van der Waals surface area contributed by atoms with Crippen LogP contribution >= 0.6 is 0 Å². The van der Waals surface area contributed by atoms with E-state index in [2.05, 4.69) is 80.2 Å². The number of hydrogen-bond acceptors (Lipinski definition) is 0. The molecule has 2 rings (SSSR count). The van der Waals surface area contributed by atoms with Crippen LogP contribution in [0.4, 0.5) is 0 Å². The van der Waals surface area contributed by atoms with Gasteiger partial charge < -0.3 is 0 Å². The van der Waals surface area contributed by atoms with E-state index in [1.807, 2.05) is 6.08 Å². The molecule has 0 saturated carbocycles. The van der Waals surface area contributed by atoms with Gasteiger partial charge in [0.05, 0.1) is 0 Å². The minimum atomic E-state index is 0. The molecule has 0 fully saturated rings.